The summed E-state index contributed by atoms with van der Waals surface area (Å²) in [6.45, 7) is 7.88. The number of hydrogen-bond donors (Lipinski definition) is 2. The fourth-order valence-electron chi connectivity index (χ4n) is 4.02. The molecular formula is C27H38N10+2. The van der Waals surface area contributed by atoms with Gasteiger partial charge >= 0.3 is 11.9 Å². The van der Waals surface area contributed by atoms with Crippen molar-refractivity contribution in [3.63, 3.8) is 0 Å². The predicted molar refractivity (Wildman–Crippen MR) is 148 cm³/mol. The molecule has 0 radical (unpaired) electrons. The van der Waals surface area contributed by atoms with Crippen LogP contribution in [0.3, 0.4) is 0 Å². The Labute approximate surface area is 219 Å². The fraction of sp³-hybridized carbons (Fsp3) is 0.407. The minimum absolute atomic E-state index is 0.0558. The first kappa shape index (κ1) is 26.0. The molecule has 2 aromatic carbocycles. The number of imidazole rings is 1. The van der Waals surface area contributed by atoms with Gasteiger partial charge in [-0.25, -0.2) is 9.13 Å². The Kier molecular flexibility index (Phi) is 7.95. The maximum Gasteiger partial charge on any atom is 0.421 e. The van der Waals surface area contributed by atoms with Gasteiger partial charge in [0, 0.05) is 23.3 Å². The normalized spacial score (nSPS) is 14.4. The summed E-state index contributed by atoms with van der Waals surface area (Å²) in [6.07, 6.45) is 3.91. The largest absolute Gasteiger partial charge is 0.421 e. The number of nitrogens with one attached hydrogen (secondary N) is 2. The van der Waals surface area contributed by atoms with Crippen molar-refractivity contribution in [3.8, 4) is 0 Å². The predicted octanol–water partition coefficient (Wildman–Crippen LogP) is 4.84. The molecule has 1 aliphatic heterocycles. The van der Waals surface area contributed by atoms with Crippen molar-refractivity contribution in [2.75, 3.05) is 50.9 Å². The first-order valence-corrected chi connectivity index (χ1v) is 12.5. The van der Waals surface area contributed by atoms with Crippen LogP contribution in [0.2, 0.25) is 0 Å². The molecule has 0 atom stereocenters. The molecule has 37 heavy (non-hydrogen) atoms. The Bertz CT molecular complexity index is 1300. The van der Waals surface area contributed by atoms with Crippen LogP contribution in [0.1, 0.15) is 13.8 Å². The molecule has 3 aromatic rings. The lowest BCUT2D eigenvalue weighted by Crippen LogP contribution is -2.31. The van der Waals surface area contributed by atoms with Gasteiger partial charge in [0.1, 0.15) is 11.4 Å². The van der Waals surface area contributed by atoms with E-state index in [1.54, 1.807) is 0 Å². The zero-order valence-electron chi connectivity index (χ0n) is 22.7. The van der Waals surface area contributed by atoms with Crippen LogP contribution in [0, 0.1) is 5.41 Å². The Morgan fingerprint density at radius 2 is 1.41 bits per heavy atom. The third-order valence-electron chi connectivity index (χ3n) is 6.42. The number of azo groups is 2. The summed E-state index contributed by atoms with van der Waals surface area (Å²) in [4.78, 5) is 2.12. The number of aromatic nitrogens is 2. The highest BCUT2D eigenvalue weighted by molar-refractivity contribution is 5.77. The topological polar surface area (TPSA) is 88.6 Å². The van der Waals surface area contributed by atoms with Gasteiger partial charge in [0.15, 0.2) is 0 Å². The lowest BCUT2D eigenvalue weighted by molar-refractivity contribution is -0.657. The molecule has 10 nitrogen and oxygen atoms in total. The van der Waals surface area contributed by atoms with Gasteiger partial charge in [-0.1, -0.05) is 48.3 Å². The van der Waals surface area contributed by atoms with E-state index in [4.69, 9.17) is 0 Å². The maximum absolute atomic E-state index is 4.55. The monoisotopic (exact) mass is 502 g/mol. The number of hydrogen-bond acceptors (Lipinski definition) is 7. The van der Waals surface area contributed by atoms with Crippen LogP contribution in [0.4, 0.5) is 28.7 Å². The number of likely N-dealkylation sites (N-methyl/N-ethyl adjacent to an activating group) is 2. The van der Waals surface area contributed by atoms with Crippen LogP contribution < -0.4 is 15.2 Å². The van der Waals surface area contributed by atoms with Crippen LogP contribution in [-0.2, 0) is 14.1 Å². The molecule has 0 saturated heterocycles. The summed E-state index contributed by atoms with van der Waals surface area (Å²) in [5.41, 5.74) is 3.49. The zero-order valence-corrected chi connectivity index (χ0v) is 22.7. The summed E-state index contributed by atoms with van der Waals surface area (Å²) in [5, 5.41) is 25.2. The highest BCUT2D eigenvalue weighted by Crippen LogP contribution is 2.29. The van der Waals surface area contributed by atoms with Crippen LogP contribution in [0.15, 0.2) is 81.4 Å². The number of rotatable bonds is 9. The molecule has 0 unspecified atom stereocenters. The number of benzene rings is 2. The highest BCUT2D eigenvalue weighted by Gasteiger charge is 2.25. The fourth-order valence-corrected chi connectivity index (χ4v) is 4.02. The summed E-state index contributed by atoms with van der Waals surface area (Å²) >= 11 is 0. The number of anilines is 2. The van der Waals surface area contributed by atoms with E-state index in [-0.39, 0.29) is 5.41 Å². The van der Waals surface area contributed by atoms with Crippen LogP contribution in [-0.4, -0.2) is 60.3 Å². The van der Waals surface area contributed by atoms with E-state index in [0.717, 1.165) is 60.8 Å². The number of nitrogens with zero attached hydrogens (tertiary/aromatic N) is 8. The zero-order chi connectivity index (χ0) is 26.4. The van der Waals surface area contributed by atoms with Crippen molar-refractivity contribution in [1.29, 1.82) is 0 Å². The molecule has 2 N–H and O–H groups in total. The van der Waals surface area contributed by atoms with Crippen LogP contribution in [0.5, 0.6) is 0 Å². The molecular weight excluding hydrogens is 464 g/mol. The van der Waals surface area contributed by atoms with Crippen LogP contribution >= 0.6 is 0 Å². The van der Waals surface area contributed by atoms with E-state index in [1.165, 1.54) is 0 Å². The Hall–Kier alpha value is -4.08. The van der Waals surface area contributed by atoms with E-state index < -0.39 is 0 Å². The second-order valence-electron chi connectivity index (χ2n) is 10.3. The molecule has 0 saturated carbocycles. The molecule has 1 aliphatic rings. The molecule has 10 heteroatoms. The molecule has 0 aliphatic carbocycles. The van der Waals surface area contributed by atoms with Crippen molar-refractivity contribution in [2.24, 2.45) is 40.0 Å². The molecule has 0 amide bonds. The number of para-hydroxylation sites is 2. The molecule has 0 spiro atoms. The van der Waals surface area contributed by atoms with Gasteiger partial charge in [0.05, 0.1) is 65.0 Å². The molecule has 4 rings (SSSR count). The van der Waals surface area contributed by atoms with Gasteiger partial charge < -0.3 is 10.6 Å². The molecule has 0 fully saturated rings. The van der Waals surface area contributed by atoms with Gasteiger partial charge in [-0.2, -0.15) is 0 Å². The maximum atomic E-state index is 4.55. The van der Waals surface area contributed by atoms with E-state index in [2.05, 4.69) is 54.4 Å². The summed E-state index contributed by atoms with van der Waals surface area (Å²) in [5.74, 6) is 1.66. The first-order valence-electron chi connectivity index (χ1n) is 12.5. The minimum atomic E-state index is -0.0558. The van der Waals surface area contributed by atoms with Gasteiger partial charge in [-0.05, 0) is 29.7 Å². The van der Waals surface area contributed by atoms with E-state index in [9.17, 15) is 0 Å². The Balaban J connectivity index is 1.39. The minimum Gasteiger partial charge on any atom is -0.383 e. The molecule has 1 aromatic heterocycles. The summed E-state index contributed by atoms with van der Waals surface area (Å²) in [6, 6.07) is 16.0. The summed E-state index contributed by atoms with van der Waals surface area (Å²) in [7, 11) is 7.99. The standard InChI is InChI=1S/C27H36N10/c1-27(2,19-28-21-11-7-9-13-23(21)30-32-25-34(3)15-16-35(25)4)20-29-22-12-8-10-14-24(22)31-33-26-36(5)17-18-37(26)6/h7-16H,17-20H2,1-6H3/p+2. The second-order valence-corrected chi connectivity index (χ2v) is 10.3. The average molecular weight is 503 g/mol. The number of guanidine groups is 1. The quantitative estimate of drug-likeness (QED) is 0.324. The smallest absolute Gasteiger partial charge is 0.383 e. The molecule has 0 bridgehead atoms. The third-order valence-corrected chi connectivity index (χ3v) is 6.42. The number of aryl methyl sites for hydroxylation is 2. The van der Waals surface area contributed by atoms with Crippen molar-refractivity contribution in [3.05, 3.63) is 60.9 Å². The SMILES string of the molecule is CN1CC[N+](C)=C1/N=N\c1ccccc1NCC(C)(C)CNc1ccccc1/N=N/c1n(C)cc[n+]1C. The Morgan fingerprint density at radius 3 is 1.92 bits per heavy atom. The highest BCUT2D eigenvalue weighted by atomic mass is 15.4. The van der Waals surface area contributed by atoms with Gasteiger partial charge in [0.2, 0.25) is 0 Å². The van der Waals surface area contributed by atoms with E-state index in [0.29, 0.717) is 0 Å². The lowest BCUT2D eigenvalue weighted by Gasteiger charge is -2.27. The average Bonchev–Trinajstić information content (AvgIpc) is 3.39. The van der Waals surface area contributed by atoms with Crippen molar-refractivity contribution < 1.29 is 9.14 Å². The summed E-state index contributed by atoms with van der Waals surface area (Å²) < 4.78 is 6.00. The van der Waals surface area contributed by atoms with Gasteiger partial charge in [-0.15, -0.1) is 0 Å². The Morgan fingerprint density at radius 1 is 0.838 bits per heavy atom. The van der Waals surface area contributed by atoms with Gasteiger partial charge in [0.25, 0.3) is 0 Å². The molecule has 194 valence electrons. The van der Waals surface area contributed by atoms with E-state index in [1.807, 2.05) is 98.2 Å². The molecule has 2 heterocycles. The van der Waals surface area contributed by atoms with Gasteiger partial charge in [-0.3, -0.25) is 9.48 Å². The third kappa shape index (κ3) is 6.58. The lowest BCUT2D eigenvalue weighted by atomic mass is 9.93. The van der Waals surface area contributed by atoms with Crippen molar-refractivity contribution in [2.45, 2.75) is 13.8 Å². The van der Waals surface area contributed by atoms with E-state index >= 15 is 0 Å². The van der Waals surface area contributed by atoms with Crippen molar-refractivity contribution in [1.82, 2.24) is 9.47 Å². The van der Waals surface area contributed by atoms with Crippen molar-refractivity contribution >= 4 is 34.7 Å². The van der Waals surface area contributed by atoms with Crippen LogP contribution in [0.25, 0.3) is 0 Å². The first-order chi connectivity index (χ1) is 17.7. The second kappa shape index (κ2) is 11.3.